The highest BCUT2D eigenvalue weighted by molar-refractivity contribution is 7.88. The Morgan fingerprint density at radius 1 is 1.16 bits per heavy atom. The molecule has 1 aromatic carbocycles. The van der Waals surface area contributed by atoms with Gasteiger partial charge in [0.15, 0.2) is 0 Å². The van der Waals surface area contributed by atoms with Crippen LogP contribution < -0.4 is 4.72 Å². The summed E-state index contributed by atoms with van der Waals surface area (Å²) >= 11 is 0. The molecule has 1 aliphatic rings. The van der Waals surface area contributed by atoms with E-state index in [1.807, 2.05) is 4.68 Å². The van der Waals surface area contributed by atoms with E-state index in [2.05, 4.69) is 9.82 Å². The van der Waals surface area contributed by atoms with Gasteiger partial charge < -0.3 is 0 Å². The molecule has 5 nitrogen and oxygen atoms in total. The van der Waals surface area contributed by atoms with Gasteiger partial charge in [-0.15, -0.1) is 0 Å². The van der Waals surface area contributed by atoms with Gasteiger partial charge in [0.05, 0.1) is 17.5 Å². The van der Waals surface area contributed by atoms with Crippen molar-refractivity contribution < 1.29 is 21.6 Å². The van der Waals surface area contributed by atoms with Crippen molar-refractivity contribution >= 4 is 10.0 Å². The third-order valence-electron chi connectivity index (χ3n) is 4.19. The first-order chi connectivity index (χ1) is 11.7. The second kappa shape index (κ2) is 6.80. The van der Waals surface area contributed by atoms with Crippen molar-refractivity contribution in [2.45, 2.75) is 44.3 Å². The monoisotopic (exact) mass is 373 g/mol. The van der Waals surface area contributed by atoms with Crippen LogP contribution in [0, 0.1) is 0 Å². The number of nitrogens with one attached hydrogen (secondary N) is 1. The van der Waals surface area contributed by atoms with Crippen LogP contribution in [-0.2, 0) is 41.5 Å². The molecule has 0 bridgehead atoms. The Bertz CT molecular complexity index is 843. The molecular weight excluding hydrogens is 355 g/mol. The van der Waals surface area contributed by atoms with Crippen LogP contribution in [0.3, 0.4) is 0 Å². The van der Waals surface area contributed by atoms with Crippen LogP contribution in [0.2, 0.25) is 0 Å². The van der Waals surface area contributed by atoms with Crippen LogP contribution in [0.25, 0.3) is 0 Å². The number of fused-ring (bicyclic) bond motifs is 1. The molecule has 0 unspecified atom stereocenters. The number of rotatable bonds is 5. The zero-order valence-electron chi connectivity index (χ0n) is 13.4. The van der Waals surface area contributed by atoms with Gasteiger partial charge in [0, 0.05) is 24.3 Å². The molecule has 25 heavy (non-hydrogen) atoms. The molecule has 0 saturated heterocycles. The minimum Gasteiger partial charge on any atom is -0.269 e. The van der Waals surface area contributed by atoms with Crippen molar-refractivity contribution in [1.82, 2.24) is 14.5 Å². The maximum atomic E-state index is 12.5. The number of halogens is 3. The zero-order chi connectivity index (χ0) is 18.1. The Labute approximate surface area is 143 Å². The van der Waals surface area contributed by atoms with Crippen molar-refractivity contribution in [2.24, 2.45) is 0 Å². The van der Waals surface area contributed by atoms with E-state index in [4.69, 9.17) is 0 Å². The molecule has 9 heteroatoms. The van der Waals surface area contributed by atoms with Gasteiger partial charge in [-0.05, 0) is 37.0 Å². The molecule has 0 saturated carbocycles. The number of sulfonamides is 1. The van der Waals surface area contributed by atoms with Crippen LogP contribution in [-0.4, -0.2) is 18.2 Å². The van der Waals surface area contributed by atoms with Crippen molar-refractivity contribution in [3.05, 3.63) is 52.8 Å². The maximum Gasteiger partial charge on any atom is 0.416 e. The predicted octanol–water partition coefficient (Wildman–Crippen LogP) is 2.86. The lowest BCUT2D eigenvalue weighted by atomic mass is 10.1. The first-order valence-corrected chi connectivity index (χ1v) is 9.57. The molecular formula is C16H18F3N3O2S. The summed E-state index contributed by atoms with van der Waals surface area (Å²) in [6.45, 7) is 0.978. The predicted molar refractivity (Wildman–Crippen MR) is 86.1 cm³/mol. The van der Waals surface area contributed by atoms with Gasteiger partial charge in [0.1, 0.15) is 0 Å². The van der Waals surface area contributed by atoms with E-state index in [-0.39, 0.29) is 12.3 Å². The average molecular weight is 373 g/mol. The number of hydrogen-bond acceptors (Lipinski definition) is 3. The highest BCUT2D eigenvalue weighted by Crippen LogP contribution is 2.29. The number of aromatic nitrogens is 2. The standard InChI is InChI=1S/C16H18F3N3O2S/c17-16(18,19)14-6-4-12(5-7-14)11-25(23,24)21-10-13-9-20-22-8-2-1-3-15(13)22/h4-7,9,21H,1-3,8,10-11H2. The highest BCUT2D eigenvalue weighted by atomic mass is 32.2. The minimum atomic E-state index is -4.43. The molecule has 0 spiro atoms. The van der Waals surface area contributed by atoms with Gasteiger partial charge in [-0.1, -0.05) is 12.1 Å². The number of hydrogen-bond donors (Lipinski definition) is 1. The summed E-state index contributed by atoms with van der Waals surface area (Å²) in [7, 11) is -3.65. The molecule has 3 rings (SSSR count). The summed E-state index contributed by atoms with van der Waals surface area (Å²) in [6.07, 6.45) is 0.221. The third kappa shape index (κ3) is 4.40. The Kier molecular flexibility index (Phi) is 4.88. The van der Waals surface area contributed by atoms with E-state index in [1.54, 1.807) is 6.20 Å². The van der Waals surface area contributed by atoms with Gasteiger partial charge in [-0.25, -0.2) is 13.1 Å². The zero-order valence-corrected chi connectivity index (χ0v) is 14.2. The fourth-order valence-electron chi connectivity index (χ4n) is 2.88. The van der Waals surface area contributed by atoms with Crippen molar-refractivity contribution in [1.29, 1.82) is 0 Å². The summed E-state index contributed by atoms with van der Waals surface area (Å²) in [5.74, 6) is -0.366. The van der Waals surface area contributed by atoms with Gasteiger partial charge >= 0.3 is 6.18 Å². The second-order valence-corrected chi connectivity index (χ2v) is 7.88. The van der Waals surface area contributed by atoms with Gasteiger partial charge in [0.25, 0.3) is 0 Å². The quantitative estimate of drug-likeness (QED) is 0.877. The summed E-state index contributed by atoms with van der Waals surface area (Å²) in [4.78, 5) is 0. The molecule has 0 amide bonds. The molecule has 0 atom stereocenters. The molecule has 136 valence electrons. The Hall–Kier alpha value is -1.87. The molecule has 2 heterocycles. The molecule has 1 aliphatic heterocycles. The van der Waals surface area contributed by atoms with Crippen LogP contribution in [0.15, 0.2) is 30.5 Å². The van der Waals surface area contributed by atoms with E-state index < -0.39 is 21.8 Å². The molecule has 2 aromatic rings. The fourth-order valence-corrected chi connectivity index (χ4v) is 3.99. The summed E-state index contributed by atoms with van der Waals surface area (Å²) in [5, 5.41) is 4.25. The summed E-state index contributed by atoms with van der Waals surface area (Å²) in [6, 6.07) is 4.14. The second-order valence-electron chi connectivity index (χ2n) is 6.07. The first kappa shape index (κ1) is 17.9. The van der Waals surface area contributed by atoms with Crippen molar-refractivity contribution in [3.8, 4) is 0 Å². The van der Waals surface area contributed by atoms with Gasteiger partial charge in [-0.3, -0.25) is 4.68 Å². The van der Waals surface area contributed by atoms with E-state index in [9.17, 15) is 21.6 Å². The molecule has 0 aliphatic carbocycles. The topological polar surface area (TPSA) is 64.0 Å². The number of benzene rings is 1. The number of alkyl halides is 3. The van der Waals surface area contributed by atoms with E-state index >= 15 is 0 Å². The van der Waals surface area contributed by atoms with Gasteiger partial charge in [-0.2, -0.15) is 18.3 Å². The van der Waals surface area contributed by atoms with Crippen LogP contribution in [0.1, 0.15) is 35.2 Å². The van der Waals surface area contributed by atoms with E-state index in [1.165, 1.54) is 12.1 Å². The third-order valence-corrected chi connectivity index (χ3v) is 5.49. The van der Waals surface area contributed by atoms with E-state index in [0.29, 0.717) is 5.56 Å². The molecule has 0 fully saturated rings. The molecule has 1 N–H and O–H groups in total. The minimum absolute atomic E-state index is 0.137. The van der Waals surface area contributed by atoms with Crippen LogP contribution in [0.4, 0.5) is 13.2 Å². The lowest BCUT2D eigenvalue weighted by molar-refractivity contribution is -0.137. The largest absolute Gasteiger partial charge is 0.416 e. The Balaban J connectivity index is 1.63. The first-order valence-electron chi connectivity index (χ1n) is 7.92. The molecule has 1 aromatic heterocycles. The number of aryl methyl sites for hydroxylation is 1. The highest BCUT2D eigenvalue weighted by Gasteiger charge is 2.30. The van der Waals surface area contributed by atoms with Crippen molar-refractivity contribution in [3.63, 3.8) is 0 Å². The van der Waals surface area contributed by atoms with Crippen molar-refractivity contribution in [2.75, 3.05) is 0 Å². The lowest BCUT2D eigenvalue weighted by Gasteiger charge is -2.15. The van der Waals surface area contributed by atoms with Crippen LogP contribution >= 0.6 is 0 Å². The Morgan fingerprint density at radius 3 is 2.56 bits per heavy atom. The normalized spacial score (nSPS) is 15.2. The lowest BCUT2D eigenvalue weighted by Crippen LogP contribution is -2.25. The van der Waals surface area contributed by atoms with Gasteiger partial charge in [0.2, 0.25) is 10.0 Å². The SMILES string of the molecule is O=S(=O)(Cc1ccc(C(F)(F)F)cc1)NCc1cnn2c1CCCC2. The average Bonchev–Trinajstić information content (AvgIpc) is 2.96. The summed E-state index contributed by atoms with van der Waals surface area (Å²) < 4.78 is 66.4. The maximum absolute atomic E-state index is 12.5. The fraction of sp³-hybridized carbons (Fsp3) is 0.438. The van der Waals surface area contributed by atoms with E-state index in [0.717, 1.165) is 49.2 Å². The Morgan fingerprint density at radius 2 is 1.88 bits per heavy atom. The smallest absolute Gasteiger partial charge is 0.269 e. The summed E-state index contributed by atoms with van der Waals surface area (Å²) in [5.41, 5.74) is 1.39. The van der Waals surface area contributed by atoms with Crippen LogP contribution in [0.5, 0.6) is 0 Å². The number of nitrogens with zero attached hydrogens (tertiary/aromatic N) is 2. The molecule has 0 radical (unpaired) electrons.